The van der Waals surface area contributed by atoms with E-state index in [1.54, 1.807) is 18.2 Å². The van der Waals surface area contributed by atoms with Crippen LogP contribution in [0.5, 0.6) is 11.5 Å². The van der Waals surface area contributed by atoms with Crippen molar-refractivity contribution < 1.29 is 4.74 Å². The summed E-state index contributed by atoms with van der Waals surface area (Å²) in [6.45, 7) is 0. The van der Waals surface area contributed by atoms with Gasteiger partial charge in [-0.15, -0.1) is 0 Å². The van der Waals surface area contributed by atoms with E-state index < -0.39 is 0 Å². The molecule has 0 bridgehead atoms. The lowest BCUT2D eigenvalue weighted by molar-refractivity contribution is 0.483. The highest BCUT2D eigenvalue weighted by molar-refractivity contribution is 5.65. The van der Waals surface area contributed by atoms with Gasteiger partial charge in [0.15, 0.2) is 0 Å². The van der Waals surface area contributed by atoms with Gasteiger partial charge in [0.1, 0.15) is 11.5 Å². The Hall–Kier alpha value is -2.67. The van der Waals surface area contributed by atoms with Crippen molar-refractivity contribution in [3.05, 3.63) is 48.0 Å². The number of benzene rings is 2. The van der Waals surface area contributed by atoms with Crippen molar-refractivity contribution in [3.63, 3.8) is 0 Å². The summed E-state index contributed by atoms with van der Waals surface area (Å²) in [6.07, 6.45) is 0.398. The van der Waals surface area contributed by atoms with E-state index in [4.69, 9.17) is 21.5 Å². The van der Waals surface area contributed by atoms with Crippen LogP contribution in [0.4, 0.5) is 11.4 Å². The van der Waals surface area contributed by atoms with E-state index in [9.17, 15) is 0 Å². The van der Waals surface area contributed by atoms with Gasteiger partial charge in [-0.05, 0) is 29.8 Å². The molecule has 4 heteroatoms. The predicted molar refractivity (Wildman–Crippen MR) is 71.1 cm³/mol. The highest BCUT2D eigenvalue weighted by atomic mass is 16.5. The number of hydrogen-bond acceptors (Lipinski definition) is 4. The third kappa shape index (κ3) is 2.71. The van der Waals surface area contributed by atoms with Crippen LogP contribution in [0.15, 0.2) is 42.5 Å². The Bertz CT molecular complexity index is 585. The monoisotopic (exact) mass is 239 g/mol. The van der Waals surface area contributed by atoms with E-state index in [1.807, 2.05) is 24.3 Å². The molecule has 18 heavy (non-hydrogen) atoms. The molecule has 0 aliphatic carbocycles. The number of ether oxygens (including phenoxy) is 1. The van der Waals surface area contributed by atoms with Crippen molar-refractivity contribution in [2.24, 2.45) is 0 Å². The molecule has 2 aromatic carbocycles. The fourth-order valence-corrected chi connectivity index (χ4v) is 1.52. The zero-order valence-electron chi connectivity index (χ0n) is 9.76. The Balaban J connectivity index is 2.13. The van der Waals surface area contributed by atoms with Crippen LogP contribution in [0.25, 0.3) is 0 Å². The van der Waals surface area contributed by atoms with Crippen LogP contribution in [0, 0.1) is 11.3 Å². The van der Waals surface area contributed by atoms with Gasteiger partial charge in [-0.1, -0.05) is 12.1 Å². The molecule has 0 fully saturated rings. The van der Waals surface area contributed by atoms with Crippen LogP contribution in [0.3, 0.4) is 0 Å². The first-order valence-electron chi connectivity index (χ1n) is 5.48. The summed E-state index contributed by atoms with van der Waals surface area (Å²) in [4.78, 5) is 0. The molecule has 90 valence electrons. The SMILES string of the molecule is N#CCc1ccc(Oc2ccc(N)c(N)c2)cc1. The van der Waals surface area contributed by atoms with Gasteiger partial charge in [0.2, 0.25) is 0 Å². The summed E-state index contributed by atoms with van der Waals surface area (Å²) in [6, 6.07) is 14.6. The fraction of sp³-hybridized carbons (Fsp3) is 0.0714. The molecule has 0 saturated carbocycles. The second kappa shape index (κ2) is 5.11. The Morgan fingerprint density at radius 3 is 2.22 bits per heavy atom. The number of hydrogen-bond donors (Lipinski definition) is 2. The molecule has 0 amide bonds. The van der Waals surface area contributed by atoms with Crippen molar-refractivity contribution in [1.29, 1.82) is 5.26 Å². The van der Waals surface area contributed by atoms with Gasteiger partial charge < -0.3 is 16.2 Å². The number of nitrogens with zero attached hydrogens (tertiary/aromatic N) is 1. The Labute approximate surface area is 105 Å². The minimum atomic E-state index is 0.398. The van der Waals surface area contributed by atoms with E-state index in [0.29, 0.717) is 29.3 Å². The van der Waals surface area contributed by atoms with Crippen molar-refractivity contribution in [2.75, 3.05) is 11.5 Å². The van der Waals surface area contributed by atoms with E-state index >= 15 is 0 Å². The lowest BCUT2D eigenvalue weighted by atomic mass is 10.2. The minimum absolute atomic E-state index is 0.398. The van der Waals surface area contributed by atoms with Gasteiger partial charge >= 0.3 is 0 Å². The molecule has 2 aromatic rings. The summed E-state index contributed by atoms with van der Waals surface area (Å²) in [5.74, 6) is 1.33. The van der Waals surface area contributed by atoms with Gasteiger partial charge in [-0.2, -0.15) is 5.26 Å². The zero-order valence-corrected chi connectivity index (χ0v) is 9.76. The zero-order chi connectivity index (χ0) is 13.0. The first-order chi connectivity index (χ1) is 8.69. The van der Waals surface area contributed by atoms with E-state index in [2.05, 4.69) is 6.07 Å². The molecule has 0 radical (unpaired) electrons. The first kappa shape index (κ1) is 11.8. The van der Waals surface area contributed by atoms with Crippen molar-refractivity contribution >= 4 is 11.4 Å². The predicted octanol–water partition coefficient (Wildman–Crippen LogP) is 2.71. The Kier molecular flexibility index (Phi) is 3.35. The molecule has 0 spiro atoms. The van der Waals surface area contributed by atoms with Gasteiger partial charge in [0.05, 0.1) is 23.9 Å². The standard InChI is InChI=1S/C14H13N3O/c15-8-7-10-1-3-11(4-2-10)18-12-5-6-13(16)14(17)9-12/h1-6,9H,7,16-17H2. The molecule has 0 aromatic heterocycles. The highest BCUT2D eigenvalue weighted by Gasteiger charge is 2.00. The molecule has 4 N–H and O–H groups in total. The third-order valence-electron chi connectivity index (χ3n) is 2.50. The van der Waals surface area contributed by atoms with Crippen LogP contribution in [0.2, 0.25) is 0 Å². The minimum Gasteiger partial charge on any atom is -0.457 e. The average molecular weight is 239 g/mol. The molecule has 0 aliphatic heterocycles. The Morgan fingerprint density at radius 2 is 1.61 bits per heavy atom. The van der Waals surface area contributed by atoms with E-state index in [0.717, 1.165) is 5.56 Å². The van der Waals surface area contributed by atoms with E-state index in [-0.39, 0.29) is 0 Å². The maximum atomic E-state index is 8.57. The molecule has 0 heterocycles. The molecule has 2 rings (SSSR count). The topological polar surface area (TPSA) is 85.1 Å². The average Bonchev–Trinajstić information content (AvgIpc) is 2.37. The maximum Gasteiger partial charge on any atom is 0.129 e. The van der Waals surface area contributed by atoms with Crippen LogP contribution in [-0.4, -0.2) is 0 Å². The molecular weight excluding hydrogens is 226 g/mol. The number of nitrogens with two attached hydrogens (primary N) is 2. The summed E-state index contributed by atoms with van der Waals surface area (Å²) < 4.78 is 5.63. The molecule has 0 saturated heterocycles. The summed E-state index contributed by atoms with van der Waals surface area (Å²) >= 11 is 0. The number of anilines is 2. The lowest BCUT2D eigenvalue weighted by Gasteiger charge is -2.08. The van der Waals surface area contributed by atoms with Crippen LogP contribution in [0.1, 0.15) is 5.56 Å². The Morgan fingerprint density at radius 1 is 0.944 bits per heavy atom. The van der Waals surface area contributed by atoms with Gasteiger partial charge in [-0.3, -0.25) is 0 Å². The largest absolute Gasteiger partial charge is 0.457 e. The maximum absolute atomic E-state index is 8.57. The summed E-state index contributed by atoms with van der Waals surface area (Å²) in [7, 11) is 0. The molecule has 0 aliphatic rings. The van der Waals surface area contributed by atoms with Crippen LogP contribution in [-0.2, 0) is 6.42 Å². The highest BCUT2D eigenvalue weighted by Crippen LogP contribution is 2.26. The van der Waals surface area contributed by atoms with Crippen molar-refractivity contribution in [3.8, 4) is 17.6 Å². The van der Waals surface area contributed by atoms with Crippen molar-refractivity contribution in [2.45, 2.75) is 6.42 Å². The molecule has 4 nitrogen and oxygen atoms in total. The first-order valence-corrected chi connectivity index (χ1v) is 5.48. The van der Waals surface area contributed by atoms with Gasteiger partial charge in [0.25, 0.3) is 0 Å². The summed E-state index contributed by atoms with van der Waals surface area (Å²) in [5, 5.41) is 8.57. The second-order valence-corrected chi connectivity index (χ2v) is 3.87. The normalized spacial score (nSPS) is 9.72. The van der Waals surface area contributed by atoms with Crippen LogP contribution >= 0.6 is 0 Å². The lowest BCUT2D eigenvalue weighted by Crippen LogP contribution is -1.94. The van der Waals surface area contributed by atoms with Crippen LogP contribution < -0.4 is 16.2 Å². The molecule has 0 unspecified atom stereocenters. The van der Waals surface area contributed by atoms with Gasteiger partial charge in [-0.25, -0.2) is 0 Å². The molecular formula is C14H13N3O. The number of rotatable bonds is 3. The van der Waals surface area contributed by atoms with Gasteiger partial charge in [0, 0.05) is 6.07 Å². The summed E-state index contributed by atoms with van der Waals surface area (Å²) in [5.41, 5.74) is 13.3. The molecule has 0 atom stereocenters. The second-order valence-electron chi connectivity index (χ2n) is 3.87. The van der Waals surface area contributed by atoms with E-state index in [1.165, 1.54) is 0 Å². The third-order valence-corrected chi connectivity index (χ3v) is 2.50. The smallest absolute Gasteiger partial charge is 0.129 e. The fourth-order valence-electron chi connectivity index (χ4n) is 1.52. The number of nitrogen functional groups attached to an aromatic ring is 2. The number of nitriles is 1. The quantitative estimate of drug-likeness (QED) is 0.806. The van der Waals surface area contributed by atoms with Crippen molar-refractivity contribution in [1.82, 2.24) is 0 Å².